The summed E-state index contributed by atoms with van der Waals surface area (Å²) in [6.07, 6.45) is 0.0723. The molecule has 1 aromatic carbocycles. The van der Waals surface area contributed by atoms with Crippen molar-refractivity contribution in [3.63, 3.8) is 0 Å². The molecule has 0 bridgehead atoms. The SMILES string of the molecule is CCOC(=O)C/C(C)=N\NC(=O)c1ccccc1. The first-order chi connectivity index (χ1) is 8.63. The second kappa shape index (κ2) is 7.21. The van der Waals surface area contributed by atoms with Crippen molar-refractivity contribution in [2.24, 2.45) is 5.10 Å². The average molecular weight is 248 g/mol. The van der Waals surface area contributed by atoms with Crippen molar-refractivity contribution in [1.29, 1.82) is 0 Å². The second-order valence-corrected chi connectivity index (χ2v) is 3.64. The van der Waals surface area contributed by atoms with E-state index in [4.69, 9.17) is 4.74 Å². The van der Waals surface area contributed by atoms with E-state index in [0.717, 1.165) is 0 Å². The lowest BCUT2D eigenvalue weighted by molar-refractivity contribution is -0.141. The van der Waals surface area contributed by atoms with Gasteiger partial charge in [0.25, 0.3) is 5.91 Å². The fourth-order valence-electron chi connectivity index (χ4n) is 1.26. The van der Waals surface area contributed by atoms with Crippen LogP contribution in [0.5, 0.6) is 0 Å². The zero-order chi connectivity index (χ0) is 13.4. The third-order valence-electron chi connectivity index (χ3n) is 2.09. The highest BCUT2D eigenvalue weighted by Crippen LogP contribution is 1.98. The molecule has 0 heterocycles. The monoisotopic (exact) mass is 248 g/mol. The van der Waals surface area contributed by atoms with Crippen molar-refractivity contribution in [1.82, 2.24) is 5.43 Å². The molecule has 0 fully saturated rings. The molecule has 0 saturated carbocycles. The Labute approximate surface area is 106 Å². The molecule has 0 spiro atoms. The Morgan fingerprint density at radius 2 is 1.94 bits per heavy atom. The summed E-state index contributed by atoms with van der Waals surface area (Å²) in [4.78, 5) is 22.8. The van der Waals surface area contributed by atoms with Crippen LogP contribution in [0.2, 0.25) is 0 Å². The van der Waals surface area contributed by atoms with Gasteiger partial charge in [-0.15, -0.1) is 0 Å². The molecule has 96 valence electrons. The number of ether oxygens (including phenoxy) is 1. The minimum Gasteiger partial charge on any atom is -0.466 e. The largest absolute Gasteiger partial charge is 0.466 e. The number of nitrogens with zero attached hydrogens (tertiary/aromatic N) is 1. The van der Waals surface area contributed by atoms with Crippen LogP contribution in [0.25, 0.3) is 0 Å². The van der Waals surface area contributed by atoms with Crippen LogP contribution in [-0.4, -0.2) is 24.2 Å². The van der Waals surface area contributed by atoms with E-state index in [9.17, 15) is 9.59 Å². The number of benzene rings is 1. The molecule has 0 radical (unpaired) electrons. The van der Waals surface area contributed by atoms with Crippen LogP contribution in [-0.2, 0) is 9.53 Å². The molecule has 0 aliphatic rings. The Hall–Kier alpha value is -2.17. The van der Waals surface area contributed by atoms with Gasteiger partial charge in [0.15, 0.2) is 0 Å². The molecule has 1 aromatic rings. The summed E-state index contributed by atoms with van der Waals surface area (Å²) < 4.78 is 4.77. The summed E-state index contributed by atoms with van der Waals surface area (Å²) in [6, 6.07) is 8.73. The van der Waals surface area contributed by atoms with Crippen LogP contribution in [0, 0.1) is 0 Å². The lowest BCUT2D eigenvalue weighted by Gasteiger charge is -2.03. The molecule has 0 aliphatic heterocycles. The summed E-state index contributed by atoms with van der Waals surface area (Å²) in [7, 11) is 0. The number of esters is 1. The topological polar surface area (TPSA) is 67.8 Å². The van der Waals surface area contributed by atoms with Gasteiger partial charge in [0, 0.05) is 11.3 Å². The van der Waals surface area contributed by atoms with E-state index in [2.05, 4.69) is 10.5 Å². The first kappa shape index (κ1) is 13.9. The van der Waals surface area contributed by atoms with Crippen LogP contribution in [0.4, 0.5) is 0 Å². The Kier molecular flexibility index (Phi) is 5.57. The van der Waals surface area contributed by atoms with E-state index in [-0.39, 0.29) is 18.3 Å². The van der Waals surface area contributed by atoms with Crippen molar-refractivity contribution in [2.45, 2.75) is 20.3 Å². The lowest BCUT2D eigenvalue weighted by atomic mass is 10.2. The van der Waals surface area contributed by atoms with Crippen LogP contribution < -0.4 is 5.43 Å². The minimum atomic E-state index is -0.354. The molecule has 0 unspecified atom stereocenters. The normalized spacial score (nSPS) is 10.9. The zero-order valence-corrected chi connectivity index (χ0v) is 10.5. The van der Waals surface area contributed by atoms with E-state index in [1.165, 1.54) is 0 Å². The molecule has 1 rings (SSSR count). The van der Waals surface area contributed by atoms with Crippen molar-refractivity contribution in [3.8, 4) is 0 Å². The average Bonchev–Trinajstić information content (AvgIpc) is 2.37. The number of hydrogen-bond donors (Lipinski definition) is 1. The maximum atomic E-state index is 11.6. The predicted molar refractivity (Wildman–Crippen MR) is 68.3 cm³/mol. The van der Waals surface area contributed by atoms with Gasteiger partial charge >= 0.3 is 5.97 Å². The van der Waals surface area contributed by atoms with Crippen LogP contribution >= 0.6 is 0 Å². The number of rotatable bonds is 5. The first-order valence-corrected chi connectivity index (χ1v) is 5.67. The van der Waals surface area contributed by atoms with Crippen molar-refractivity contribution < 1.29 is 14.3 Å². The number of carbonyl (C=O) groups excluding carboxylic acids is 2. The standard InChI is InChI=1S/C13H16N2O3/c1-3-18-12(16)9-10(2)14-15-13(17)11-7-5-4-6-8-11/h4-8H,3,9H2,1-2H3,(H,15,17)/b14-10-. The van der Waals surface area contributed by atoms with Gasteiger partial charge in [-0.1, -0.05) is 18.2 Å². The smallest absolute Gasteiger partial charge is 0.311 e. The maximum absolute atomic E-state index is 11.6. The minimum absolute atomic E-state index is 0.0723. The van der Waals surface area contributed by atoms with E-state index >= 15 is 0 Å². The van der Waals surface area contributed by atoms with Gasteiger partial charge in [-0.25, -0.2) is 5.43 Å². The molecule has 5 nitrogen and oxygen atoms in total. The highest BCUT2D eigenvalue weighted by Gasteiger charge is 2.06. The van der Waals surface area contributed by atoms with Gasteiger partial charge in [0.05, 0.1) is 13.0 Å². The summed E-state index contributed by atoms with van der Waals surface area (Å²) in [6.45, 7) is 3.73. The van der Waals surface area contributed by atoms with Gasteiger partial charge in [-0.3, -0.25) is 9.59 Å². The first-order valence-electron chi connectivity index (χ1n) is 5.67. The molecular weight excluding hydrogens is 232 g/mol. The molecule has 5 heteroatoms. The molecule has 18 heavy (non-hydrogen) atoms. The highest BCUT2D eigenvalue weighted by molar-refractivity contribution is 5.99. The summed E-state index contributed by atoms with van der Waals surface area (Å²) >= 11 is 0. The van der Waals surface area contributed by atoms with Gasteiger partial charge in [0.2, 0.25) is 0 Å². The molecule has 1 N–H and O–H groups in total. The summed E-state index contributed by atoms with van der Waals surface area (Å²) in [5.41, 5.74) is 3.40. The zero-order valence-electron chi connectivity index (χ0n) is 10.5. The molecule has 0 saturated heterocycles. The molecular formula is C13H16N2O3. The van der Waals surface area contributed by atoms with E-state index in [1.807, 2.05) is 6.07 Å². The number of carbonyl (C=O) groups is 2. The van der Waals surface area contributed by atoms with Crippen LogP contribution in [0.1, 0.15) is 30.6 Å². The Bertz CT molecular complexity index is 441. The van der Waals surface area contributed by atoms with Gasteiger partial charge in [0.1, 0.15) is 0 Å². The quantitative estimate of drug-likeness (QED) is 0.490. The molecule has 0 aliphatic carbocycles. The predicted octanol–water partition coefficient (Wildman–Crippen LogP) is 1.75. The van der Waals surface area contributed by atoms with Crippen LogP contribution in [0.3, 0.4) is 0 Å². The lowest BCUT2D eigenvalue weighted by Crippen LogP contribution is -2.20. The second-order valence-electron chi connectivity index (χ2n) is 3.64. The Balaban J connectivity index is 2.48. The fourth-order valence-corrected chi connectivity index (χ4v) is 1.26. The summed E-state index contributed by atoms with van der Waals surface area (Å²) in [5.74, 6) is -0.661. The summed E-state index contributed by atoms with van der Waals surface area (Å²) in [5, 5.41) is 3.84. The van der Waals surface area contributed by atoms with Crippen molar-refractivity contribution in [2.75, 3.05) is 6.61 Å². The van der Waals surface area contributed by atoms with Gasteiger partial charge in [-0.05, 0) is 26.0 Å². The molecule has 0 atom stereocenters. The Morgan fingerprint density at radius 3 is 2.56 bits per heavy atom. The van der Waals surface area contributed by atoms with E-state index in [1.54, 1.807) is 38.1 Å². The van der Waals surface area contributed by atoms with Crippen molar-refractivity contribution >= 4 is 17.6 Å². The molecule has 0 aromatic heterocycles. The van der Waals surface area contributed by atoms with E-state index in [0.29, 0.717) is 17.9 Å². The third-order valence-corrected chi connectivity index (χ3v) is 2.09. The molecule has 1 amide bonds. The maximum Gasteiger partial charge on any atom is 0.311 e. The van der Waals surface area contributed by atoms with Gasteiger partial charge < -0.3 is 4.74 Å². The number of hydrazone groups is 1. The van der Waals surface area contributed by atoms with Gasteiger partial charge in [-0.2, -0.15) is 5.10 Å². The van der Waals surface area contributed by atoms with Crippen molar-refractivity contribution in [3.05, 3.63) is 35.9 Å². The third kappa shape index (κ3) is 4.78. The Morgan fingerprint density at radius 1 is 1.28 bits per heavy atom. The van der Waals surface area contributed by atoms with Crippen LogP contribution in [0.15, 0.2) is 35.4 Å². The number of hydrogen-bond acceptors (Lipinski definition) is 4. The number of amides is 1. The highest BCUT2D eigenvalue weighted by atomic mass is 16.5. The fraction of sp³-hybridized carbons (Fsp3) is 0.308. The van der Waals surface area contributed by atoms with E-state index < -0.39 is 0 Å². The number of nitrogens with one attached hydrogen (secondary N) is 1.